The largest absolute Gasteiger partial charge is 0.361 e. The van der Waals surface area contributed by atoms with E-state index in [-0.39, 0.29) is 0 Å². The maximum absolute atomic E-state index is 12.6. The van der Waals surface area contributed by atoms with Gasteiger partial charge >= 0.3 is 0 Å². The van der Waals surface area contributed by atoms with Crippen LogP contribution in [0, 0.1) is 0 Å². The molecule has 2 amide bonds. The number of amides is 2. The van der Waals surface area contributed by atoms with Crippen LogP contribution in [-0.4, -0.2) is 21.8 Å². The van der Waals surface area contributed by atoms with E-state index in [1.807, 2.05) is 48.5 Å². The van der Waals surface area contributed by atoms with E-state index in [9.17, 15) is 9.59 Å². The number of aromatic amines is 2. The third-order valence-corrected chi connectivity index (χ3v) is 4.98. The molecule has 0 unspecified atom stereocenters. The molecule has 3 N–H and O–H groups in total. The van der Waals surface area contributed by atoms with E-state index in [2.05, 4.69) is 15.3 Å². The van der Waals surface area contributed by atoms with Crippen LogP contribution in [0.4, 0.5) is 0 Å². The zero-order chi connectivity index (χ0) is 17.8. The Morgan fingerprint density at radius 2 is 1.42 bits per heavy atom. The molecule has 0 atom stereocenters. The second kappa shape index (κ2) is 5.34. The summed E-state index contributed by atoms with van der Waals surface area (Å²) in [6.45, 7) is 0. The molecular weight excluding hydrogens is 350 g/mol. The lowest BCUT2D eigenvalue weighted by Crippen LogP contribution is -2.22. The molecule has 2 aromatic carbocycles. The molecule has 126 valence electrons. The van der Waals surface area contributed by atoms with Crippen molar-refractivity contribution in [3.8, 4) is 0 Å². The van der Waals surface area contributed by atoms with E-state index in [1.165, 1.54) is 0 Å². The molecule has 0 fully saturated rings. The van der Waals surface area contributed by atoms with Gasteiger partial charge in [-0.25, -0.2) is 0 Å². The van der Waals surface area contributed by atoms with Crippen LogP contribution in [0.3, 0.4) is 0 Å². The van der Waals surface area contributed by atoms with Crippen LogP contribution >= 0.6 is 11.6 Å². The predicted molar refractivity (Wildman–Crippen MR) is 102 cm³/mol. The number of hydrogen-bond donors (Lipinski definition) is 3. The van der Waals surface area contributed by atoms with Crippen molar-refractivity contribution >= 4 is 56.4 Å². The van der Waals surface area contributed by atoms with E-state index >= 15 is 0 Å². The van der Waals surface area contributed by atoms with E-state index in [0.717, 1.165) is 21.8 Å². The minimum atomic E-state index is -0.443. The average molecular weight is 362 g/mol. The Morgan fingerprint density at radius 1 is 0.769 bits per heavy atom. The number of carbonyl (C=O) groups is 2. The van der Waals surface area contributed by atoms with Crippen molar-refractivity contribution in [1.29, 1.82) is 0 Å². The molecule has 6 heteroatoms. The average Bonchev–Trinajstić information content (AvgIpc) is 3.27. The molecule has 5 nitrogen and oxygen atoms in total. The quantitative estimate of drug-likeness (QED) is 0.474. The van der Waals surface area contributed by atoms with Crippen LogP contribution < -0.4 is 5.32 Å². The molecular formula is C20H12ClN3O2. The fourth-order valence-corrected chi connectivity index (χ4v) is 3.88. The second-order valence-corrected chi connectivity index (χ2v) is 6.52. The standard InChI is InChI=1S/C20H12ClN3O2/c21-18-15(11-6-2-4-8-14(11)23-18)17-16(19(25)24-20(17)26)12-9-22-13-7-3-1-5-10(12)13/h1-9,22-23H,(H,24,25,26). The summed E-state index contributed by atoms with van der Waals surface area (Å²) in [7, 11) is 0. The summed E-state index contributed by atoms with van der Waals surface area (Å²) in [5.74, 6) is -0.863. The molecule has 0 spiro atoms. The molecule has 0 radical (unpaired) electrons. The van der Waals surface area contributed by atoms with Gasteiger partial charge in [-0.15, -0.1) is 0 Å². The highest BCUT2D eigenvalue weighted by Crippen LogP contribution is 2.40. The van der Waals surface area contributed by atoms with Crippen LogP contribution in [-0.2, 0) is 9.59 Å². The van der Waals surface area contributed by atoms with Gasteiger partial charge in [0.1, 0.15) is 5.15 Å². The summed E-state index contributed by atoms with van der Waals surface area (Å²) in [6, 6.07) is 15.2. The Labute approximate surface area is 152 Å². The van der Waals surface area contributed by atoms with Crippen molar-refractivity contribution in [3.63, 3.8) is 0 Å². The summed E-state index contributed by atoms with van der Waals surface area (Å²) in [5.41, 5.74) is 3.56. The topological polar surface area (TPSA) is 77.8 Å². The number of aromatic nitrogens is 2. The summed E-state index contributed by atoms with van der Waals surface area (Å²) >= 11 is 6.42. The minimum Gasteiger partial charge on any atom is -0.361 e. The van der Waals surface area contributed by atoms with Crippen molar-refractivity contribution in [2.75, 3.05) is 0 Å². The van der Waals surface area contributed by atoms with Crippen molar-refractivity contribution in [3.05, 3.63) is 71.0 Å². The number of nitrogens with one attached hydrogen (secondary N) is 3. The van der Waals surface area contributed by atoms with E-state index in [1.54, 1.807) is 6.20 Å². The normalized spacial score (nSPS) is 14.7. The van der Waals surface area contributed by atoms with Gasteiger partial charge in [0.15, 0.2) is 0 Å². The molecule has 1 aliphatic rings. The van der Waals surface area contributed by atoms with Gasteiger partial charge in [-0.3, -0.25) is 14.9 Å². The van der Waals surface area contributed by atoms with Gasteiger partial charge in [-0.1, -0.05) is 48.0 Å². The number of carbonyl (C=O) groups excluding carboxylic acids is 2. The zero-order valence-electron chi connectivity index (χ0n) is 13.4. The Bertz CT molecular complexity index is 1260. The minimum absolute atomic E-state index is 0.294. The fraction of sp³-hybridized carbons (Fsp3) is 0. The predicted octanol–water partition coefficient (Wildman–Crippen LogP) is 3.87. The van der Waals surface area contributed by atoms with Crippen molar-refractivity contribution in [2.24, 2.45) is 0 Å². The Kier molecular flexibility index (Phi) is 3.08. The van der Waals surface area contributed by atoms with Crippen LogP contribution in [0.25, 0.3) is 33.0 Å². The number of fused-ring (bicyclic) bond motifs is 2. The zero-order valence-corrected chi connectivity index (χ0v) is 14.1. The second-order valence-electron chi connectivity index (χ2n) is 6.14. The van der Waals surface area contributed by atoms with Crippen molar-refractivity contribution < 1.29 is 9.59 Å². The van der Waals surface area contributed by atoms with Crippen LogP contribution in [0.2, 0.25) is 5.15 Å². The van der Waals surface area contributed by atoms with Gasteiger partial charge < -0.3 is 9.97 Å². The first-order valence-electron chi connectivity index (χ1n) is 8.08. The molecule has 2 aromatic heterocycles. The van der Waals surface area contributed by atoms with E-state index in [0.29, 0.717) is 27.4 Å². The maximum atomic E-state index is 12.6. The van der Waals surface area contributed by atoms with Crippen LogP contribution in [0.1, 0.15) is 11.1 Å². The van der Waals surface area contributed by atoms with Gasteiger partial charge in [0.05, 0.1) is 11.1 Å². The third kappa shape index (κ3) is 1.98. The van der Waals surface area contributed by atoms with E-state index in [4.69, 9.17) is 11.6 Å². The molecule has 0 aliphatic carbocycles. The number of imide groups is 1. The van der Waals surface area contributed by atoms with Gasteiger partial charge in [0.2, 0.25) is 0 Å². The van der Waals surface area contributed by atoms with Crippen LogP contribution in [0.5, 0.6) is 0 Å². The molecule has 3 heterocycles. The molecule has 1 aliphatic heterocycles. The lowest BCUT2D eigenvalue weighted by atomic mass is 9.95. The Hall–Kier alpha value is -3.31. The monoisotopic (exact) mass is 361 g/mol. The van der Waals surface area contributed by atoms with Gasteiger partial charge in [-0.2, -0.15) is 0 Å². The summed E-state index contributed by atoms with van der Waals surface area (Å²) in [6.07, 6.45) is 1.75. The SMILES string of the molecule is O=C1NC(=O)C(c2c(Cl)[nH]c3ccccc23)=C1c1c[nH]c2ccccc12. The molecule has 5 rings (SSSR count). The first-order chi connectivity index (χ1) is 12.6. The number of H-pyrrole nitrogens is 2. The number of hydrogen-bond acceptors (Lipinski definition) is 2. The van der Waals surface area contributed by atoms with Crippen LogP contribution in [0.15, 0.2) is 54.7 Å². The number of para-hydroxylation sites is 2. The molecule has 0 saturated carbocycles. The highest BCUT2D eigenvalue weighted by Gasteiger charge is 2.35. The summed E-state index contributed by atoms with van der Waals surface area (Å²) in [5, 5.41) is 4.42. The Balaban J connectivity index is 1.88. The first-order valence-corrected chi connectivity index (χ1v) is 8.46. The number of benzene rings is 2. The first kappa shape index (κ1) is 15.0. The third-order valence-electron chi connectivity index (χ3n) is 4.70. The van der Waals surface area contributed by atoms with Crippen molar-refractivity contribution in [1.82, 2.24) is 15.3 Å². The highest BCUT2D eigenvalue weighted by atomic mass is 35.5. The lowest BCUT2D eigenvalue weighted by Gasteiger charge is -2.04. The van der Waals surface area contributed by atoms with Gasteiger partial charge in [0, 0.05) is 39.1 Å². The number of halogens is 1. The molecule has 4 aromatic rings. The van der Waals surface area contributed by atoms with Crippen molar-refractivity contribution in [2.45, 2.75) is 0 Å². The molecule has 26 heavy (non-hydrogen) atoms. The molecule has 0 saturated heterocycles. The maximum Gasteiger partial charge on any atom is 0.259 e. The molecule has 0 bridgehead atoms. The fourth-order valence-electron chi connectivity index (χ4n) is 3.58. The highest BCUT2D eigenvalue weighted by molar-refractivity contribution is 6.52. The smallest absolute Gasteiger partial charge is 0.259 e. The number of rotatable bonds is 2. The Morgan fingerprint density at radius 3 is 2.23 bits per heavy atom. The lowest BCUT2D eigenvalue weighted by molar-refractivity contribution is -0.122. The summed E-state index contributed by atoms with van der Waals surface area (Å²) < 4.78 is 0. The van der Waals surface area contributed by atoms with Gasteiger partial charge in [0.25, 0.3) is 11.8 Å². The van der Waals surface area contributed by atoms with Gasteiger partial charge in [-0.05, 0) is 12.1 Å². The van der Waals surface area contributed by atoms with E-state index < -0.39 is 11.8 Å². The summed E-state index contributed by atoms with van der Waals surface area (Å²) in [4.78, 5) is 31.5.